The van der Waals surface area contributed by atoms with Crippen molar-refractivity contribution < 1.29 is 64.8 Å². The van der Waals surface area contributed by atoms with E-state index in [-0.39, 0.29) is 41.7 Å². The van der Waals surface area contributed by atoms with Gasteiger partial charge in [-0.05, 0) is 0 Å². The van der Waals surface area contributed by atoms with Crippen molar-refractivity contribution in [2.24, 2.45) is 0 Å². The molecule has 0 saturated heterocycles. The van der Waals surface area contributed by atoms with Gasteiger partial charge in [0, 0.05) is 41.7 Å². The van der Waals surface area contributed by atoms with Gasteiger partial charge >= 0.3 is 12.1 Å². The number of carbonyl (C=O) groups is 1. The second-order valence-electron chi connectivity index (χ2n) is 0.803. The number of halogens is 3. The standard InChI is InChI=1S/C2HF3O2.Ce/c3-2(4,5)1(6)7;/h(H,6,7);. The number of hydrogen-bond acceptors (Lipinski definition) is 1. The van der Waals surface area contributed by atoms with Crippen molar-refractivity contribution in [3.05, 3.63) is 0 Å². The van der Waals surface area contributed by atoms with Crippen LogP contribution in [0.3, 0.4) is 0 Å². The summed E-state index contributed by atoms with van der Waals surface area (Å²) in [6.07, 6.45) is -5.08. The van der Waals surface area contributed by atoms with Crippen molar-refractivity contribution in [3.8, 4) is 0 Å². The van der Waals surface area contributed by atoms with Gasteiger partial charge in [0.1, 0.15) is 0 Å². The van der Waals surface area contributed by atoms with E-state index >= 15 is 0 Å². The predicted octanol–water partition coefficient (Wildman–Crippen LogP) is 0.633. The Labute approximate surface area is 76.4 Å². The summed E-state index contributed by atoms with van der Waals surface area (Å²) in [6.45, 7) is 0. The molecule has 46 valence electrons. The number of carboxylic acid groups (broad SMARTS) is 1. The summed E-state index contributed by atoms with van der Waals surface area (Å²) in [4.78, 5) is 8.90. The number of aliphatic carboxylic acids is 1. The van der Waals surface area contributed by atoms with Crippen LogP contribution in [0.5, 0.6) is 0 Å². The number of alkyl halides is 3. The van der Waals surface area contributed by atoms with Gasteiger partial charge in [-0.2, -0.15) is 13.2 Å². The van der Waals surface area contributed by atoms with E-state index in [0.717, 1.165) is 0 Å². The third-order valence-corrected chi connectivity index (χ3v) is 0.243. The SMILES string of the molecule is O=C(O)C(F)(F)F.[Ce]. The topological polar surface area (TPSA) is 37.3 Å². The van der Waals surface area contributed by atoms with E-state index in [2.05, 4.69) is 0 Å². The van der Waals surface area contributed by atoms with Crippen molar-refractivity contribution in [1.82, 2.24) is 0 Å². The first kappa shape index (κ1) is 11.4. The maximum atomic E-state index is 10.6. The smallest absolute Gasteiger partial charge is 0.475 e. The molecule has 0 aliphatic rings. The van der Waals surface area contributed by atoms with Crippen LogP contribution >= 0.6 is 0 Å². The summed E-state index contributed by atoms with van der Waals surface area (Å²) < 4.78 is 31.7. The van der Waals surface area contributed by atoms with Crippen molar-refractivity contribution in [2.75, 3.05) is 0 Å². The maximum absolute atomic E-state index is 10.6. The molecule has 0 aliphatic carbocycles. The Morgan fingerprint density at radius 3 is 1.50 bits per heavy atom. The van der Waals surface area contributed by atoms with Crippen LogP contribution in [0.1, 0.15) is 0 Å². The molecule has 8 heavy (non-hydrogen) atoms. The van der Waals surface area contributed by atoms with E-state index < -0.39 is 12.1 Å². The molecule has 2 nitrogen and oxygen atoms in total. The minimum Gasteiger partial charge on any atom is -0.475 e. The molecule has 1 N–H and O–H groups in total. The van der Waals surface area contributed by atoms with E-state index in [1.807, 2.05) is 0 Å². The van der Waals surface area contributed by atoms with Crippen LogP contribution in [0, 0.1) is 41.7 Å². The fourth-order valence-corrected chi connectivity index (χ4v) is 0. The van der Waals surface area contributed by atoms with E-state index in [9.17, 15) is 13.2 Å². The number of rotatable bonds is 0. The van der Waals surface area contributed by atoms with E-state index in [1.165, 1.54) is 0 Å². The molecule has 0 amide bonds. The zero-order valence-corrected chi connectivity index (χ0v) is 6.63. The van der Waals surface area contributed by atoms with Gasteiger partial charge in [-0.3, -0.25) is 0 Å². The average molecular weight is 254 g/mol. The Morgan fingerprint density at radius 1 is 1.38 bits per heavy atom. The van der Waals surface area contributed by atoms with E-state index in [0.29, 0.717) is 0 Å². The minimum atomic E-state index is -5.08. The molecule has 0 fully saturated rings. The van der Waals surface area contributed by atoms with Gasteiger partial charge in [0.25, 0.3) is 0 Å². The van der Waals surface area contributed by atoms with Gasteiger partial charge < -0.3 is 5.11 Å². The molecular weight excluding hydrogens is 253 g/mol. The monoisotopic (exact) mass is 254 g/mol. The van der Waals surface area contributed by atoms with Crippen LogP contribution in [0.15, 0.2) is 0 Å². The first-order valence-corrected chi connectivity index (χ1v) is 1.24. The molecular formula is C2HCeF3O2. The predicted molar refractivity (Wildman–Crippen MR) is 13.7 cm³/mol. The molecule has 0 bridgehead atoms. The molecule has 0 aliphatic heterocycles. The van der Waals surface area contributed by atoms with Gasteiger partial charge in [0.15, 0.2) is 0 Å². The summed E-state index contributed by atoms with van der Waals surface area (Å²) in [5, 5.41) is 7.12. The first-order valence-electron chi connectivity index (χ1n) is 1.24. The summed E-state index contributed by atoms with van der Waals surface area (Å²) in [6, 6.07) is 0. The van der Waals surface area contributed by atoms with Crippen LogP contribution in [0.2, 0.25) is 0 Å². The average Bonchev–Trinajstić information content (AvgIpc) is 1.31. The fraction of sp³-hybridized carbons (Fsp3) is 0.500. The van der Waals surface area contributed by atoms with E-state index in [1.54, 1.807) is 0 Å². The van der Waals surface area contributed by atoms with Crippen LogP contribution in [0.4, 0.5) is 13.2 Å². The third kappa shape index (κ3) is 4.79. The summed E-state index contributed by atoms with van der Waals surface area (Å²) in [5.41, 5.74) is 0. The normalized spacial score (nSPS) is 9.88. The van der Waals surface area contributed by atoms with Crippen molar-refractivity contribution in [3.63, 3.8) is 0 Å². The Morgan fingerprint density at radius 2 is 1.50 bits per heavy atom. The molecule has 0 unspecified atom stereocenters. The summed E-state index contributed by atoms with van der Waals surface area (Å²) in [5.74, 6) is -2.76. The zero-order valence-electron chi connectivity index (χ0n) is 3.49. The van der Waals surface area contributed by atoms with Gasteiger partial charge in [0.2, 0.25) is 0 Å². The Balaban J connectivity index is 0. The minimum absolute atomic E-state index is 0. The molecule has 0 atom stereocenters. The van der Waals surface area contributed by atoms with Crippen LogP contribution in [0.25, 0.3) is 0 Å². The van der Waals surface area contributed by atoms with Gasteiger partial charge in [-0.25, -0.2) is 4.79 Å². The second-order valence-corrected chi connectivity index (χ2v) is 0.803. The molecule has 0 aromatic rings. The van der Waals surface area contributed by atoms with Gasteiger partial charge in [-0.15, -0.1) is 0 Å². The second kappa shape index (κ2) is 3.62. The maximum Gasteiger partial charge on any atom is 0.490 e. The third-order valence-electron chi connectivity index (χ3n) is 0.243. The first-order chi connectivity index (χ1) is 2.94. The van der Waals surface area contributed by atoms with Crippen molar-refractivity contribution in [2.45, 2.75) is 6.18 Å². The van der Waals surface area contributed by atoms with Crippen LogP contribution < -0.4 is 0 Å². The zero-order chi connectivity index (χ0) is 6.08. The molecule has 0 heterocycles. The van der Waals surface area contributed by atoms with Gasteiger partial charge in [0.05, 0.1) is 0 Å². The van der Waals surface area contributed by atoms with Crippen molar-refractivity contribution in [1.29, 1.82) is 0 Å². The molecule has 0 rings (SSSR count). The van der Waals surface area contributed by atoms with Crippen LogP contribution in [-0.2, 0) is 4.79 Å². The Hall–Kier alpha value is 0.637. The largest absolute Gasteiger partial charge is 0.490 e. The van der Waals surface area contributed by atoms with E-state index in [4.69, 9.17) is 9.90 Å². The number of hydrogen-bond donors (Lipinski definition) is 1. The fourth-order valence-electron chi connectivity index (χ4n) is 0. The number of carboxylic acids is 1. The molecule has 0 aromatic carbocycles. The molecule has 6 heteroatoms. The summed E-state index contributed by atoms with van der Waals surface area (Å²) >= 11 is 0. The Kier molecular flexibility index (Phi) is 5.18. The summed E-state index contributed by atoms with van der Waals surface area (Å²) in [7, 11) is 0. The molecule has 0 spiro atoms. The van der Waals surface area contributed by atoms with Crippen LogP contribution in [-0.4, -0.2) is 17.3 Å². The Bertz CT molecular complexity index is 87.8. The van der Waals surface area contributed by atoms with Crippen molar-refractivity contribution >= 4 is 5.97 Å². The quantitative estimate of drug-likeness (QED) is 0.688. The molecule has 0 saturated carbocycles. The molecule has 0 aromatic heterocycles. The molecule has 0 radical (unpaired) electrons. The van der Waals surface area contributed by atoms with Gasteiger partial charge in [-0.1, -0.05) is 0 Å².